The molecule has 0 atom stereocenters. The van der Waals surface area contributed by atoms with Gasteiger partial charge in [0.1, 0.15) is 17.9 Å². The molecule has 4 rings (SSSR count). The third-order valence-electron chi connectivity index (χ3n) is 4.33. The highest BCUT2D eigenvalue weighted by molar-refractivity contribution is 6.09. The monoisotopic (exact) mass is 370 g/mol. The molecule has 0 saturated heterocycles. The van der Waals surface area contributed by atoms with Crippen molar-refractivity contribution in [2.24, 2.45) is 0 Å². The fraction of sp³-hybridized carbons (Fsp3) is 0.0435. The van der Waals surface area contributed by atoms with Crippen LogP contribution in [-0.2, 0) is 6.61 Å². The number of hydrogen-bond acceptors (Lipinski definition) is 4. The van der Waals surface area contributed by atoms with E-state index in [1.54, 1.807) is 42.6 Å². The van der Waals surface area contributed by atoms with E-state index in [1.807, 2.05) is 42.5 Å². The lowest BCUT2D eigenvalue weighted by Gasteiger charge is -2.11. The minimum Gasteiger partial charge on any atom is -0.505 e. The summed E-state index contributed by atoms with van der Waals surface area (Å²) in [6, 6.07) is 24.0. The average molecular weight is 370 g/mol. The number of ether oxygens (including phenoxy) is 1. The highest BCUT2D eigenvalue weighted by Gasteiger charge is 2.15. The van der Waals surface area contributed by atoms with Crippen LogP contribution in [0.2, 0.25) is 0 Å². The lowest BCUT2D eigenvalue weighted by molar-refractivity contribution is 0.102. The van der Waals surface area contributed by atoms with Crippen LogP contribution in [0.3, 0.4) is 0 Å². The number of hydrogen-bond donors (Lipinski definition) is 2. The van der Waals surface area contributed by atoms with Crippen molar-refractivity contribution in [2.45, 2.75) is 6.61 Å². The number of nitrogens with one attached hydrogen (secondary N) is 1. The molecule has 0 aliphatic heterocycles. The van der Waals surface area contributed by atoms with Crippen molar-refractivity contribution < 1.29 is 14.6 Å². The molecule has 2 N–H and O–H groups in total. The Kier molecular flexibility index (Phi) is 4.89. The fourth-order valence-corrected chi connectivity index (χ4v) is 2.92. The molecule has 1 aromatic heterocycles. The molecule has 0 saturated carbocycles. The van der Waals surface area contributed by atoms with Gasteiger partial charge in [0.05, 0.1) is 5.56 Å². The Balaban J connectivity index is 1.50. The Morgan fingerprint density at radius 3 is 2.68 bits per heavy atom. The van der Waals surface area contributed by atoms with E-state index in [9.17, 15) is 9.90 Å². The lowest BCUT2D eigenvalue weighted by Crippen LogP contribution is -2.12. The Bertz CT molecular complexity index is 1130. The third-order valence-corrected chi connectivity index (χ3v) is 4.33. The van der Waals surface area contributed by atoms with Crippen molar-refractivity contribution in [3.8, 4) is 11.5 Å². The number of aromatic hydroxyl groups is 1. The molecule has 5 heteroatoms. The van der Waals surface area contributed by atoms with E-state index < -0.39 is 5.91 Å². The summed E-state index contributed by atoms with van der Waals surface area (Å²) in [6.45, 7) is 0.440. The number of phenolic OH excluding ortho intramolecular Hbond substituents is 1. The number of benzene rings is 3. The van der Waals surface area contributed by atoms with Gasteiger partial charge >= 0.3 is 0 Å². The van der Waals surface area contributed by atoms with Crippen molar-refractivity contribution >= 4 is 22.5 Å². The Morgan fingerprint density at radius 2 is 1.82 bits per heavy atom. The summed E-state index contributed by atoms with van der Waals surface area (Å²) in [5, 5.41) is 14.0. The molecule has 28 heavy (non-hydrogen) atoms. The number of rotatable bonds is 5. The second kappa shape index (κ2) is 7.80. The van der Waals surface area contributed by atoms with E-state index in [-0.39, 0.29) is 11.3 Å². The van der Waals surface area contributed by atoms with Crippen LogP contribution in [0.5, 0.6) is 11.5 Å². The Morgan fingerprint density at radius 1 is 0.964 bits per heavy atom. The first-order valence-electron chi connectivity index (χ1n) is 8.85. The number of amides is 1. The van der Waals surface area contributed by atoms with Crippen LogP contribution < -0.4 is 10.1 Å². The molecule has 3 aromatic carbocycles. The second-order valence-electron chi connectivity index (χ2n) is 6.29. The quantitative estimate of drug-likeness (QED) is 0.531. The third kappa shape index (κ3) is 3.78. The van der Waals surface area contributed by atoms with Gasteiger partial charge in [-0.15, -0.1) is 0 Å². The normalized spacial score (nSPS) is 10.6. The molecule has 5 nitrogen and oxygen atoms in total. The first-order chi connectivity index (χ1) is 13.7. The minimum absolute atomic E-state index is 0.132. The topological polar surface area (TPSA) is 71.5 Å². The number of phenols is 1. The molecule has 0 fully saturated rings. The molecule has 4 aromatic rings. The molecule has 0 radical (unpaired) electrons. The summed E-state index contributed by atoms with van der Waals surface area (Å²) in [7, 11) is 0. The number of nitrogens with zero attached hydrogens (tertiary/aromatic N) is 1. The number of anilines is 1. The van der Waals surface area contributed by atoms with Crippen LogP contribution >= 0.6 is 0 Å². The zero-order valence-corrected chi connectivity index (χ0v) is 15.0. The molecular weight excluding hydrogens is 352 g/mol. The molecule has 1 heterocycles. The molecular formula is C23H18N2O3. The van der Waals surface area contributed by atoms with Gasteiger partial charge in [0.25, 0.3) is 5.91 Å². The molecule has 0 unspecified atom stereocenters. The van der Waals surface area contributed by atoms with Gasteiger partial charge in [-0.3, -0.25) is 9.78 Å². The minimum atomic E-state index is -0.412. The zero-order chi connectivity index (χ0) is 19.3. The lowest BCUT2D eigenvalue weighted by atomic mass is 10.1. The highest BCUT2D eigenvalue weighted by atomic mass is 16.5. The SMILES string of the molecule is O=C(Nc1cccc(OCc2ccccc2)c1)c1ccc2cccnc2c1O. The largest absolute Gasteiger partial charge is 0.505 e. The molecule has 1 amide bonds. The smallest absolute Gasteiger partial charge is 0.259 e. The van der Waals surface area contributed by atoms with Crippen LogP contribution in [0.1, 0.15) is 15.9 Å². The van der Waals surface area contributed by atoms with Crippen LogP contribution in [0, 0.1) is 0 Å². The summed E-state index contributed by atoms with van der Waals surface area (Å²) in [5.41, 5.74) is 2.21. The van der Waals surface area contributed by atoms with Gasteiger partial charge in [-0.2, -0.15) is 0 Å². The summed E-state index contributed by atoms with van der Waals surface area (Å²) >= 11 is 0. The van der Waals surface area contributed by atoms with Gasteiger partial charge in [-0.05, 0) is 29.8 Å². The van der Waals surface area contributed by atoms with E-state index in [1.165, 1.54) is 0 Å². The van der Waals surface area contributed by atoms with Gasteiger partial charge in [-0.1, -0.05) is 48.5 Å². The number of carbonyl (C=O) groups excluding carboxylic acids is 1. The highest BCUT2D eigenvalue weighted by Crippen LogP contribution is 2.28. The summed E-state index contributed by atoms with van der Waals surface area (Å²) in [5.74, 6) is 0.100. The summed E-state index contributed by atoms with van der Waals surface area (Å²) < 4.78 is 5.79. The van der Waals surface area contributed by atoms with Crippen molar-refractivity contribution in [3.05, 3.63) is 96.2 Å². The van der Waals surface area contributed by atoms with E-state index in [4.69, 9.17) is 4.74 Å². The first kappa shape index (κ1) is 17.5. The standard InChI is InChI=1S/C23H18N2O3/c26-22-20(12-11-17-8-5-13-24-21(17)22)23(27)25-18-9-4-10-19(14-18)28-15-16-6-2-1-3-7-16/h1-14,26H,15H2,(H,25,27). The van der Waals surface area contributed by atoms with Crippen molar-refractivity contribution in [2.75, 3.05) is 5.32 Å². The summed E-state index contributed by atoms with van der Waals surface area (Å²) in [4.78, 5) is 16.8. The van der Waals surface area contributed by atoms with Crippen LogP contribution in [-0.4, -0.2) is 16.0 Å². The predicted molar refractivity (Wildman–Crippen MR) is 109 cm³/mol. The first-order valence-corrected chi connectivity index (χ1v) is 8.85. The number of carbonyl (C=O) groups is 1. The van der Waals surface area contributed by atoms with Gasteiger partial charge < -0.3 is 15.2 Å². The Labute approximate surface area is 162 Å². The van der Waals surface area contributed by atoms with Crippen LogP contribution in [0.4, 0.5) is 5.69 Å². The van der Waals surface area contributed by atoms with Crippen molar-refractivity contribution in [1.82, 2.24) is 4.98 Å². The van der Waals surface area contributed by atoms with Gasteiger partial charge in [0.15, 0.2) is 5.75 Å². The van der Waals surface area contributed by atoms with E-state index >= 15 is 0 Å². The predicted octanol–water partition coefficient (Wildman–Crippen LogP) is 4.77. The van der Waals surface area contributed by atoms with Crippen LogP contribution in [0.15, 0.2) is 85.1 Å². The van der Waals surface area contributed by atoms with Gasteiger partial charge in [0, 0.05) is 23.3 Å². The van der Waals surface area contributed by atoms with Crippen molar-refractivity contribution in [1.29, 1.82) is 0 Å². The molecule has 0 bridgehead atoms. The number of fused-ring (bicyclic) bond motifs is 1. The van der Waals surface area contributed by atoms with Crippen molar-refractivity contribution in [3.63, 3.8) is 0 Å². The average Bonchev–Trinajstić information content (AvgIpc) is 2.74. The molecule has 0 aliphatic carbocycles. The molecule has 0 aliphatic rings. The zero-order valence-electron chi connectivity index (χ0n) is 15.0. The maximum atomic E-state index is 12.6. The number of aromatic nitrogens is 1. The second-order valence-corrected chi connectivity index (χ2v) is 6.29. The summed E-state index contributed by atoms with van der Waals surface area (Å²) in [6.07, 6.45) is 1.58. The molecule has 0 spiro atoms. The fourth-order valence-electron chi connectivity index (χ4n) is 2.92. The number of pyridine rings is 1. The van der Waals surface area contributed by atoms with Crippen LogP contribution in [0.25, 0.3) is 10.9 Å². The van der Waals surface area contributed by atoms with Gasteiger partial charge in [-0.25, -0.2) is 0 Å². The van der Waals surface area contributed by atoms with E-state index in [0.29, 0.717) is 23.6 Å². The Hall–Kier alpha value is -3.86. The van der Waals surface area contributed by atoms with E-state index in [2.05, 4.69) is 10.3 Å². The van der Waals surface area contributed by atoms with E-state index in [0.717, 1.165) is 10.9 Å². The van der Waals surface area contributed by atoms with Gasteiger partial charge in [0.2, 0.25) is 0 Å². The molecule has 138 valence electrons. The maximum Gasteiger partial charge on any atom is 0.259 e. The maximum absolute atomic E-state index is 12.6.